The summed E-state index contributed by atoms with van der Waals surface area (Å²) in [6.45, 7) is 4.08. The molecule has 2 aromatic carbocycles. The zero-order chi connectivity index (χ0) is 25.8. The second-order valence-electron chi connectivity index (χ2n) is 9.43. The number of imide groups is 1. The summed E-state index contributed by atoms with van der Waals surface area (Å²) in [5, 5.41) is 3.46. The maximum atomic E-state index is 12.9. The minimum absolute atomic E-state index is 0.196. The lowest BCUT2D eigenvalue weighted by Gasteiger charge is -2.29. The Morgan fingerprint density at radius 2 is 1.89 bits per heavy atom. The summed E-state index contributed by atoms with van der Waals surface area (Å²) >= 11 is 0. The number of rotatable bonds is 10. The number of unbranched alkanes of at least 4 members (excludes halogenated alkanes) is 1. The number of amides is 3. The van der Waals surface area contributed by atoms with Crippen molar-refractivity contribution < 1.29 is 23.9 Å². The molecule has 3 aromatic rings. The van der Waals surface area contributed by atoms with Gasteiger partial charge in [0.05, 0.1) is 25.3 Å². The lowest BCUT2D eigenvalue weighted by molar-refractivity contribution is -0.136. The van der Waals surface area contributed by atoms with E-state index < -0.39 is 11.9 Å². The largest absolute Gasteiger partial charge is 0.493 e. The lowest BCUT2D eigenvalue weighted by atomic mass is 10.0. The van der Waals surface area contributed by atoms with Crippen molar-refractivity contribution in [3.8, 4) is 5.75 Å². The van der Waals surface area contributed by atoms with E-state index in [9.17, 15) is 14.4 Å². The molecule has 3 amide bonds. The van der Waals surface area contributed by atoms with Crippen LogP contribution in [0.5, 0.6) is 5.75 Å². The third-order valence-corrected chi connectivity index (χ3v) is 6.95. The SMILES string of the molecule is CCc1cc(COCCCCOc2cccc3c2CN(C2CCC(=O)NC2=O)C3=O)c2ccccc2n1. The molecule has 1 aromatic heterocycles. The number of nitrogens with zero attached hydrogens (tertiary/aromatic N) is 2. The number of fused-ring (bicyclic) bond motifs is 2. The second kappa shape index (κ2) is 11.1. The van der Waals surface area contributed by atoms with Crippen molar-refractivity contribution in [3.63, 3.8) is 0 Å². The number of aryl methyl sites for hydroxylation is 1. The van der Waals surface area contributed by atoms with Crippen molar-refractivity contribution in [1.29, 1.82) is 0 Å². The number of pyridine rings is 1. The molecular formula is C29H31N3O5. The normalized spacial score (nSPS) is 17.3. The van der Waals surface area contributed by atoms with Gasteiger partial charge in [0.1, 0.15) is 11.8 Å². The first-order valence-corrected chi connectivity index (χ1v) is 12.9. The molecule has 37 heavy (non-hydrogen) atoms. The first-order chi connectivity index (χ1) is 18.0. The highest BCUT2D eigenvalue weighted by molar-refractivity contribution is 6.05. The zero-order valence-electron chi connectivity index (χ0n) is 21.0. The summed E-state index contributed by atoms with van der Waals surface area (Å²) in [5.41, 5.74) is 4.57. The highest BCUT2D eigenvalue weighted by atomic mass is 16.5. The number of carbonyl (C=O) groups is 3. The van der Waals surface area contributed by atoms with E-state index in [1.165, 1.54) is 0 Å². The Balaban J connectivity index is 1.11. The van der Waals surface area contributed by atoms with Crippen LogP contribution in [0.4, 0.5) is 0 Å². The molecule has 192 valence electrons. The molecule has 0 aliphatic carbocycles. The number of nitrogens with one attached hydrogen (secondary N) is 1. The average Bonchev–Trinajstić information content (AvgIpc) is 3.24. The number of piperidine rings is 1. The number of ether oxygens (including phenoxy) is 2. The molecule has 1 unspecified atom stereocenters. The van der Waals surface area contributed by atoms with Crippen LogP contribution < -0.4 is 10.1 Å². The van der Waals surface area contributed by atoms with Gasteiger partial charge in [-0.05, 0) is 55.5 Å². The molecule has 0 saturated carbocycles. The van der Waals surface area contributed by atoms with Crippen LogP contribution in [0.25, 0.3) is 10.9 Å². The van der Waals surface area contributed by atoms with Crippen molar-refractivity contribution in [3.05, 3.63) is 70.9 Å². The van der Waals surface area contributed by atoms with Crippen molar-refractivity contribution in [2.45, 2.75) is 58.2 Å². The molecule has 1 atom stereocenters. The molecule has 8 nitrogen and oxygen atoms in total. The van der Waals surface area contributed by atoms with Crippen LogP contribution in [-0.2, 0) is 33.9 Å². The van der Waals surface area contributed by atoms with Crippen molar-refractivity contribution in [2.75, 3.05) is 13.2 Å². The number of benzene rings is 2. The quantitative estimate of drug-likeness (QED) is 0.334. The highest BCUT2D eigenvalue weighted by Gasteiger charge is 2.40. The maximum Gasteiger partial charge on any atom is 0.255 e. The van der Waals surface area contributed by atoms with Gasteiger partial charge in [-0.1, -0.05) is 31.2 Å². The molecule has 5 rings (SSSR count). The molecule has 2 aliphatic rings. The minimum atomic E-state index is -0.631. The van der Waals surface area contributed by atoms with Crippen LogP contribution in [0.3, 0.4) is 0 Å². The van der Waals surface area contributed by atoms with E-state index in [-0.39, 0.29) is 18.2 Å². The Morgan fingerprint density at radius 1 is 1.05 bits per heavy atom. The number of hydrogen-bond donors (Lipinski definition) is 1. The van der Waals surface area contributed by atoms with Crippen molar-refractivity contribution in [1.82, 2.24) is 15.2 Å². The molecular weight excluding hydrogens is 470 g/mol. The number of carbonyl (C=O) groups excluding carboxylic acids is 3. The molecule has 8 heteroatoms. The molecule has 0 bridgehead atoms. The van der Waals surface area contributed by atoms with Crippen LogP contribution in [0, 0.1) is 0 Å². The molecule has 1 saturated heterocycles. The first kappa shape index (κ1) is 24.9. The van der Waals surface area contributed by atoms with E-state index in [0.717, 1.165) is 47.0 Å². The third-order valence-electron chi connectivity index (χ3n) is 6.95. The fourth-order valence-corrected chi connectivity index (χ4v) is 4.97. The molecule has 1 fully saturated rings. The summed E-state index contributed by atoms with van der Waals surface area (Å²) in [7, 11) is 0. The molecule has 1 N–H and O–H groups in total. The Kier molecular flexibility index (Phi) is 7.46. The van der Waals surface area contributed by atoms with Gasteiger partial charge in [0.25, 0.3) is 5.91 Å². The van der Waals surface area contributed by atoms with Crippen molar-refractivity contribution >= 4 is 28.6 Å². The van der Waals surface area contributed by atoms with Gasteiger partial charge in [-0.25, -0.2) is 0 Å². The second-order valence-corrected chi connectivity index (χ2v) is 9.43. The van der Waals surface area contributed by atoms with Gasteiger partial charge in [0.2, 0.25) is 11.8 Å². The summed E-state index contributed by atoms with van der Waals surface area (Å²) in [6, 6.07) is 15.1. The van der Waals surface area contributed by atoms with Gasteiger partial charge in [0, 0.05) is 35.2 Å². The Hall–Kier alpha value is -3.78. The third kappa shape index (κ3) is 5.34. The van der Waals surface area contributed by atoms with Crippen LogP contribution in [0.1, 0.15) is 59.8 Å². The van der Waals surface area contributed by atoms with Crippen LogP contribution >= 0.6 is 0 Å². The van der Waals surface area contributed by atoms with Gasteiger partial charge in [0.15, 0.2) is 0 Å². The lowest BCUT2D eigenvalue weighted by Crippen LogP contribution is -2.52. The fourth-order valence-electron chi connectivity index (χ4n) is 4.97. The minimum Gasteiger partial charge on any atom is -0.493 e. The Labute approximate surface area is 216 Å². The predicted molar refractivity (Wildman–Crippen MR) is 138 cm³/mol. The Morgan fingerprint density at radius 3 is 2.73 bits per heavy atom. The summed E-state index contributed by atoms with van der Waals surface area (Å²) < 4.78 is 12.0. The molecule has 3 heterocycles. The first-order valence-electron chi connectivity index (χ1n) is 12.9. The number of para-hydroxylation sites is 1. The Bertz CT molecular complexity index is 1340. The van der Waals surface area contributed by atoms with E-state index in [2.05, 4.69) is 29.4 Å². The summed E-state index contributed by atoms with van der Waals surface area (Å²) in [5.74, 6) is -0.237. The average molecular weight is 502 g/mol. The van der Waals surface area contributed by atoms with E-state index in [1.807, 2.05) is 24.3 Å². The van der Waals surface area contributed by atoms with Gasteiger partial charge >= 0.3 is 0 Å². The molecule has 0 radical (unpaired) electrons. The van der Waals surface area contributed by atoms with Crippen molar-refractivity contribution in [2.24, 2.45) is 0 Å². The smallest absolute Gasteiger partial charge is 0.255 e. The van der Waals surface area contributed by atoms with E-state index >= 15 is 0 Å². The predicted octanol–water partition coefficient (Wildman–Crippen LogP) is 3.93. The standard InChI is InChI=1S/C29H31N3O5/c1-2-20-16-19(21-8-3-4-10-24(21)30-20)18-36-14-5-6-15-37-26-11-7-9-22-23(26)17-32(29(22)35)25-12-13-27(33)31-28(25)34/h3-4,7-11,16,25H,2,5-6,12-15,17-18H2,1H3,(H,31,33,34). The molecule has 0 spiro atoms. The summed E-state index contributed by atoms with van der Waals surface area (Å²) in [4.78, 5) is 42.9. The van der Waals surface area contributed by atoms with Gasteiger partial charge in [-0.2, -0.15) is 0 Å². The fraction of sp³-hybridized carbons (Fsp3) is 0.379. The van der Waals surface area contributed by atoms with Crippen LogP contribution in [0.15, 0.2) is 48.5 Å². The zero-order valence-corrected chi connectivity index (χ0v) is 21.0. The maximum absolute atomic E-state index is 12.9. The monoisotopic (exact) mass is 501 g/mol. The highest BCUT2D eigenvalue weighted by Crippen LogP contribution is 2.33. The van der Waals surface area contributed by atoms with Gasteiger partial charge in [-0.15, -0.1) is 0 Å². The topological polar surface area (TPSA) is 97.8 Å². The van der Waals surface area contributed by atoms with E-state index in [1.54, 1.807) is 17.0 Å². The van der Waals surface area contributed by atoms with Gasteiger partial charge in [-0.3, -0.25) is 24.7 Å². The van der Waals surface area contributed by atoms with E-state index in [0.29, 0.717) is 44.1 Å². The summed E-state index contributed by atoms with van der Waals surface area (Å²) in [6.07, 6.45) is 3.12. The number of hydrogen-bond acceptors (Lipinski definition) is 6. The van der Waals surface area contributed by atoms with Gasteiger partial charge < -0.3 is 14.4 Å². The van der Waals surface area contributed by atoms with Crippen LogP contribution in [0.2, 0.25) is 0 Å². The molecule has 2 aliphatic heterocycles. The van der Waals surface area contributed by atoms with E-state index in [4.69, 9.17) is 9.47 Å². The van der Waals surface area contributed by atoms with Crippen LogP contribution in [-0.4, -0.2) is 46.9 Å². The number of aromatic nitrogens is 1.